The topological polar surface area (TPSA) is 44.8 Å². The maximum Gasteiger partial charge on any atom is 0.231 e. The van der Waals surface area contributed by atoms with Crippen LogP contribution in [0.1, 0.15) is 21.5 Å². The zero-order valence-electron chi connectivity index (χ0n) is 15.6. The summed E-state index contributed by atoms with van der Waals surface area (Å²) in [6.07, 6.45) is 3.77. The predicted octanol–water partition coefficient (Wildman–Crippen LogP) is 5.20. The number of hydrogen-bond acceptors (Lipinski definition) is 4. The van der Waals surface area contributed by atoms with Crippen molar-refractivity contribution < 1.29 is 19.0 Å². The van der Waals surface area contributed by atoms with Crippen LogP contribution in [0.5, 0.6) is 17.2 Å². The minimum Gasteiger partial charge on any atom is -0.489 e. The van der Waals surface area contributed by atoms with Gasteiger partial charge in [-0.3, -0.25) is 4.79 Å². The molecule has 0 radical (unpaired) electrons. The van der Waals surface area contributed by atoms with Crippen LogP contribution in [0.15, 0.2) is 90.2 Å². The molecule has 5 rings (SSSR count). The van der Waals surface area contributed by atoms with E-state index in [-0.39, 0.29) is 5.78 Å². The molecule has 0 saturated heterocycles. The number of Topliss-reactive ketones (excluding diaryl/α,β-unsaturated/α-hetero) is 1. The van der Waals surface area contributed by atoms with Gasteiger partial charge < -0.3 is 14.2 Å². The number of para-hydroxylation sites is 1. The van der Waals surface area contributed by atoms with E-state index in [1.165, 1.54) is 0 Å². The Labute approximate surface area is 168 Å². The lowest BCUT2D eigenvalue weighted by atomic mass is 10.1. The van der Waals surface area contributed by atoms with Gasteiger partial charge in [-0.15, -0.1) is 0 Å². The van der Waals surface area contributed by atoms with Crippen LogP contribution in [0, 0.1) is 0 Å². The standard InChI is InChI=1S/C25H18O4/c26-25-21-11-10-20(27-15-17-6-2-1-3-7-17)14-23(21)29-24(25)13-18-12-19-8-4-5-9-22(19)28-16-18/h1-14H,15-16H2. The summed E-state index contributed by atoms with van der Waals surface area (Å²) in [5.74, 6) is 2.20. The molecule has 0 unspecified atom stereocenters. The van der Waals surface area contributed by atoms with E-state index in [1.807, 2.05) is 60.7 Å². The van der Waals surface area contributed by atoms with Crippen LogP contribution in [-0.2, 0) is 6.61 Å². The molecule has 142 valence electrons. The second kappa shape index (κ2) is 7.32. The van der Waals surface area contributed by atoms with Gasteiger partial charge in [-0.2, -0.15) is 0 Å². The third-order valence-corrected chi connectivity index (χ3v) is 4.86. The smallest absolute Gasteiger partial charge is 0.231 e. The Kier molecular flexibility index (Phi) is 4.37. The average molecular weight is 382 g/mol. The van der Waals surface area contributed by atoms with Gasteiger partial charge in [-0.25, -0.2) is 0 Å². The fourth-order valence-corrected chi connectivity index (χ4v) is 3.38. The molecule has 3 aromatic rings. The first-order valence-corrected chi connectivity index (χ1v) is 9.44. The van der Waals surface area contributed by atoms with Crippen molar-refractivity contribution in [1.29, 1.82) is 0 Å². The third kappa shape index (κ3) is 3.52. The molecule has 0 fully saturated rings. The Bertz CT molecular complexity index is 1140. The molecular formula is C25H18O4. The monoisotopic (exact) mass is 382 g/mol. The van der Waals surface area contributed by atoms with Crippen molar-refractivity contribution in [3.63, 3.8) is 0 Å². The molecule has 0 amide bonds. The van der Waals surface area contributed by atoms with Crippen LogP contribution in [0.4, 0.5) is 0 Å². The summed E-state index contributed by atoms with van der Waals surface area (Å²) in [5, 5.41) is 0. The maximum atomic E-state index is 12.7. The SMILES string of the molecule is O=C1C(=CC2=Cc3ccccc3OC2)Oc2cc(OCc3ccccc3)ccc21. The van der Waals surface area contributed by atoms with Gasteiger partial charge in [0.25, 0.3) is 0 Å². The third-order valence-electron chi connectivity index (χ3n) is 4.86. The minimum atomic E-state index is -0.130. The molecule has 0 bridgehead atoms. The number of carbonyl (C=O) groups is 1. The Morgan fingerprint density at radius 2 is 1.76 bits per heavy atom. The highest BCUT2D eigenvalue weighted by Crippen LogP contribution is 2.35. The number of ketones is 1. The van der Waals surface area contributed by atoms with Crippen molar-refractivity contribution in [1.82, 2.24) is 0 Å². The first-order valence-electron chi connectivity index (χ1n) is 9.44. The minimum absolute atomic E-state index is 0.130. The Morgan fingerprint density at radius 1 is 0.931 bits per heavy atom. The normalized spacial score (nSPS) is 15.8. The Morgan fingerprint density at radius 3 is 2.66 bits per heavy atom. The van der Waals surface area contributed by atoms with E-state index in [0.29, 0.717) is 36.0 Å². The highest BCUT2D eigenvalue weighted by atomic mass is 16.5. The summed E-state index contributed by atoms with van der Waals surface area (Å²) in [6, 6.07) is 23.0. The largest absolute Gasteiger partial charge is 0.489 e. The Balaban J connectivity index is 1.34. The molecule has 0 saturated carbocycles. The van der Waals surface area contributed by atoms with E-state index >= 15 is 0 Å². The fraction of sp³-hybridized carbons (Fsp3) is 0.0800. The lowest BCUT2D eigenvalue weighted by Gasteiger charge is -2.15. The maximum absolute atomic E-state index is 12.7. The summed E-state index contributed by atoms with van der Waals surface area (Å²) >= 11 is 0. The fourth-order valence-electron chi connectivity index (χ4n) is 3.38. The number of hydrogen-bond donors (Lipinski definition) is 0. The second-order valence-corrected chi connectivity index (χ2v) is 6.92. The van der Waals surface area contributed by atoms with Crippen LogP contribution >= 0.6 is 0 Å². The average Bonchev–Trinajstić information content (AvgIpc) is 3.07. The number of fused-ring (bicyclic) bond motifs is 2. The molecule has 2 aliphatic heterocycles. The van der Waals surface area contributed by atoms with Crippen molar-refractivity contribution in [3.05, 3.63) is 107 Å². The van der Waals surface area contributed by atoms with Crippen molar-refractivity contribution in [2.75, 3.05) is 6.61 Å². The van der Waals surface area contributed by atoms with E-state index < -0.39 is 0 Å². The summed E-state index contributed by atoms with van der Waals surface area (Å²) in [7, 11) is 0. The Hall–Kier alpha value is -3.79. The van der Waals surface area contributed by atoms with Crippen molar-refractivity contribution in [3.8, 4) is 17.2 Å². The quantitative estimate of drug-likeness (QED) is 0.582. The molecule has 0 aromatic heterocycles. The first kappa shape index (κ1) is 17.3. The van der Waals surface area contributed by atoms with Crippen LogP contribution in [0.25, 0.3) is 6.08 Å². The summed E-state index contributed by atoms with van der Waals surface area (Å²) in [5.41, 5.74) is 3.50. The van der Waals surface area contributed by atoms with Gasteiger partial charge in [0, 0.05) is 11.6 Å². The van der Waals surface area contributed by atoms with Crippen LogP contribution in [0.3, 0.4) is 0 Å². The number of allylic oxidation sites excluding steroid dienone is 1. The highest BCUT2D eigenvalue weighted by Gasteiger charge is 2.28. The molecule has 29 heavy (non-hydrogen) atoms. The van der Waals surface area contributed by atoms with Crippen LogP contribution in [-0.4, -0.2) is 12.4 Å². The molecule has 3 aromatic carbocycles. The summed E-state index contributed by atoms with van der Waals surface area (Å²) < 4.78 is 17.4. The molecule has 2 aliphatic rings. The number of rotatable bonds is 4. The van der Waals surface area contributed by atoms with E-state index in [2.05, 4.69) is 0 Å². The van der Waals surface area contributed by atoms with E-state index in [4.69, 9.17) is 14.2 Å². The van der Waals surface area contributed by atoms with Crippen molar-refractivity contribution >= 4 is 11.9 Å². The predicted molar refractivity (Wildman–Crippen MR) is 110 cm³/mol. The highest BCUT2D eigenvalue weighted by molar-refractivity contribution is 6.12. The molecule has 0 atom stereocenters. The number of ether oxygens (including phenoxy) is 3. The van der Waals surface area contributed by atoms with Gasteiger partial charge in [-0.05, 0) is 41.5 Å². The molecule has 0 N–H and O–H groups in total. The van der Waals surface area contributed by atoms with Crippen molar-refractivity contribution in [2.24, 2.45) is 0 Å². The van der Waals surface area contributed by atoms with Crippen molar-refractivity contribution in [2.45, 2.75) is 6.61 Å². The molecular weight excluding hydrogens is 364 g/mol. The molecule has 2 heterocycles. The van der Waals surface area contributed by atoms with E-state index in [9.17, 15) is 4.79 Å². The van der Waals surface area contributed by atoms with E-state index in [1.54, 1.807) is 24.3 Å². The lowest BCUT2D eigenvalue weighted by molar-refractivity contribution is 0.101. The van der Waals surface area contributed by atoms with Crippen LogP contribution in [0.2, 0.25) is 0 Å². The zero-order valence-corrected chi connectivity index (χ0v) is 15.6. The second-order valence-electron chi connectivity index (χ2n) is 6.92. The lowest BCUT2D eigenvalue weighted by Crippen LogP contribution is -2.08. The van der Waals surface area contributed by atoms with Crippen LogP contribution < -0.4 is 14.2 Å². The number of benzene rings is 3. The van der Waals surface area contributed by atoms with Gasteiger partial charge >= 0.3 is 0 Å². The van der Waals surface area contributed by atoms with Gasteiger partial charge in [0.15, 0.2) is 5.76 Å². The van der Waals surface area contributed by atoms with Gasteiger partial charge in [0.2, 0.25) is 5.78 Å². The van der Waals surface area contributed by atoms with Gasteiger partial charge in [0.1, 0.15) is 30.5 Å². The summed E-state index contributed by atoms with van der Waals surface area (Å²) in [6.45, 7) is 0.860. The molecule has 4 heteroatoms. The first-order chi connectivity index (χ1) is 14.3. The molecule has 4 nitrogen and oxygen atoms in total. The van der Waals surface area contributed by atoms with Gasteiger partial charge in [-0.1, -0.05) is 48.5 Å². The zero-order chi connectivity index (χ0) is 19.6. The summed E-state index contributed by atoms with van der Waals surface area (Å²) in [4.78, 5) is 12.7. The molecule has 0 aliphatic carbocycles. The number of carbonyl (C=O) groups excluding carboxylic acids is 1. The van der Waals surface area contributed by atoms with Gasteiger partial charge in [0.05, 0.1) is 5.56 Å². The molecule has 0 spiro atoms. The van der Waals surface area contributed by atoms with E-state index in [0.717, 1.165) is 22.4 Å².